The predicted octanol–water partition coefficient (Wildman–Crippen LogP) is 4.18. The van der Waals surface area contributed by atoms with Gasteiger partial charge in [-0.2, -0.15) is 0 Å². The minimum Gasteiger partial charge on any atom is -0.494 e. The molecule has 0 spiro atoms. The van der Waals surface area contributed by atoms with Crippen LogP contribution < -0.4 is 10.1 Å². The molecule has 0 bridgehead atoms. The van der Waals surface area contributed by atoms with E-state index in [0.29, 0.717) is 6.61 Å². The molecule has 0 fully saturated rings. The number of thiazole rings is 1. The molecule has 0 atom stereocenters. The van der Waals surface area contributed by atoms with Crippen LogP contribution in [0.3, 0.4) is 0 Å². The Labute approximate surface area is 118 Å². The number of ether oxygens (including phenoxy) is 1. The van der Waals surface area contributed by atoms with Crippen molar-refractivity contribution in [2.45, 2.75) is 27.7 Å². The number of hydrogen-bond donors (Lipinski definition) is 1. The SMILES string of the molecule is CCOc1cc(C)c(-c2nc(NC)sc2C)cc1C. The highest BCUT2D eigenvalue weighted by Gasteiger charge is 2.13. The van der Waals surface area contributed by atoms with Gasteiger partial charge in [-0.15, -0.1) is 11.3 Å². The lowest BCUT2D eigenvalue weighted by Gasteiger charge is -2.11. The molecule has 1 aromatic carbocycles. The Balaban J connectivity index is 2.50. The molecule has 0 aliphatic heterocycles. The zero-order valence-corrected chi connectivity index (χ0v) is 12.9. The molecule has 0 amide bonds. The zero-order valence-electron chi connectivity index (χ0n) is 12.1. The van der Waals surface area contributed by atoms with Crippen LogP contribution in [0.25, 0.3) is 11.3 Å². The summed E-state index contributed by atoms with van der Waals surface area (Å²) in [5.74, 6) is 0.963. The van der Waals surface area contributed by atoms with Crippen LogP contribution in [0.15, 0.2) is 12.1 Å². The standard InChI is InChI=1S/C15H20N2OS/c1-6-18-13-8-9(2)12(7-10(13)3)14-11(4)19-15(16-5)17-14/h7-8H,6H2,1-5H3,(H,16,17). The van der Waals surface area contributed by atoms with E-state index in [1.54, 1.807) is 11.3 Å². The third kappa shape index (κ3) is 2.73. The Kier molecular flexibility index (Phi) is 4.10. The highest BCUT2D eigenvalue weighted by molar-refractivity contribution is 7.15. The van der Waals surface area contributed by atoms with Crippen LogP contribution in [-0.4, -0.2) is 18.6 Å². The molecule has 0 unspecified atom stereocenters. The summed E-state index contributed by atoms with van der Waals surface area (Å²) in [5, 5.41) is 4.06. The molecule has 2 aromatic rings. The second kappa shape index (κ2) is 5.61. The third-order valence-corrected chi connectivity index (χ3v) is 4.08. The van der Waals surface area contributed by atoms with Gasteiger partial charge in [-0.3, -0.25) is 0 Å². The first-order valence-corrected chi connectivity index (χ1v) is 7.28. The first kappa shape index (κ1) is 13.9. The Hall–Kier alpha value is -1.55. The molecule has 1 heterocycles. The van der Waals surface area contributed by atoms with E-state index in [0.717, 1.165) is 22.1 Å². The summed E-state index contributed by atoms with van der Waals surface area (Å²) in [6, 6.07) is 4.27. The molecule has 0 radical (unpaired) electrons. The lowest BCUT2D eigenvalue weighted by molar-refractivity contribution is 0.337. The average Bonchev–Trinajstić information content (AvgIpc) is 2.75. The highest BCUT2D eigenvalue weighted by Crippen LogP contribution is 2.35. The molecule has 3 nitrogen and oxygen atoms in total. The minimum atomic E-state index is 0.694. The number of aromatic nitrogens is 1. The first-order chi connectivity index (χ1) is 9.06. The van der Waals surface area contributed by atoms with Crippen LogP contribution in [0.2, 0.25) is 0 Å². The van der Waals surface area contributed by atoms with Crippen molar-refractivity contribution >= 4 is 16.5 Å². The fourth-order valence-corrected chi connectivity index (χ4v) is 2.89. The van der Waals surface area contributed by atoms with E-state index in [9.17, 15) is 0 Å². The van der Waals surface area contributed by atoms with E-state index < -0.39 is 0 Å². The molecule has 2 rings (SSSR count). The van der Waals surface area contributed by atoms with Gasteiger partial charge in [-0.25, -0.2) is 4.98 Å². The first-order valence-electron chi connectivity index (χ1n) is 6.46. The van der Waals surface area contributed by atoms with E-state index in [1.807, 2.05) is 14.0 Å². The van der Waals surface area contributed by atoms with Crippen molar-refractivity contribution < 1.29 is 4.74 Å². The Morgan fingerprint density at radius 2 is 1.95 bits per heavy atom. The zero-order chi connectivity index (χ0) is 14.0. The van der Waals surface area contributed by atoms with E-state index in [-0.39, 0.29) is 0 Å². The number of nitrogens with one attached hydrogen (secondary N) is 1. The van der Waals surface area contributed by atoms with Crippen molar-refractivity contribution in [1.82, 2.24) is 4.98 Å². The van der Waals surface area contributed by atoms with Crippen LogP contribution in [0.4, 0.5) is 5.13 Å². The lowest BCUT2D eigenvalue weighted by Crippen LogP contribution is -1.96. The quantitative estimate of drug-likeness (QED) is 0.909. The van der Waals surface area contributed by atoms with Gasteiger partial charge < -0.3 is 10.1 Å². The van der Waals surface area contributed by atoms with E-state index in [4.69, 9.17) is 4.74 Å². The summed E-state index contributed by atoms with van der Waals surface area (Å²) in [6.07, 6.45) is 0. The average molecular weight is 276 g/mol. The molecule has 0 saturated carbocycles. The maximum absolute atomic E-state index is 5.63. The van der Waals surface area contributed by atoms with Gasteiger partial charge >= 0.3 is 0 Å². The van der Waals surface area contributed by atoms with Crippen molar-refractivity contribution in [3.8, 4) is 17.0 Å². The van der Waals surface area contributed by atoms with Crippen molar-refractivity contribution in [3.05, 3.63) is 28.1 Å². The molecule has 4 heteroatoms. The van der Waals surface area contributed by atoms with Gasteiger partial charge in [-0.05, 0) is 51.0 Å². The third-order valence-electron chi connectivity index (χ3n) is 3.09. The molecule has 102 valence electrons. The van der Waals surface area contributed by atoms with Crippen molar-refractivity contribution in [1.29, 1.82) is 0 Å². The van der Waals surface area contributed by atoms with Gasteiger partial charge in [0.25, 0.3) is 0 Å². The number of rotatable bonds is 4. The highest BCUT2D eigenvalue weighted by atomic mass is 32.1. The number of benzene rings is 1. The maximum atomic E-state index is 5.63. The summed E-state index contributed by atoms with van der Waals surface area (Å²) in [4.78, 5) is 5.88. The Bertz CT molecular complexity index is 590. The second-order valence-electron chi connectivity index (χ2n) is 4.54. The predicted molar refractivity (Wildman–Crippen MR) is 82.5 cm³/mol. The molecule has 1 aromatic heterocycles. The topological polar surface area (TPSA) is 34.1 Å². The fraction of sp³-hybridized carbons (Fsp3) is 0.400. The molecule has 19 heavy (non-hydrogen) atoms. The molecule has 0 saturated heterocycles. The number of hydrogen-bond acceptors (Lipinski definition) is 4. The number of aryl methyl sites for hydroxylation is 3. The monoisotopic (exact) mass is 276 g/mol. The van der Waals surface area contributed by atoms with Crippen LogP contribution in [0, 0.1) is 20.8 Å². The van der Waals surface area contributed by atoms with Gasteiger partial charge in [0.15, 0.2) is 5.13 Å². The maximum Gasteiger partial charge on any atom is 0.183 e. The van der Waals surface area contributed by atoms with Crippen molar-refractivity contribution in [2.24, 2.45) is 0 Å². The van der Waals surface area contributed by atoms with E-state index in [1.165, 1.54) is 16.0 Å². The van der Waals surface area contributed by atoms with Gasteiger partial charge in [-0.1, -0.05) is 0 Å². The van der Waals surface area contributed by atoms with Crippen LogP contribution in [0.5, 0.6) is 5.75 Å². The van der Waals surface area contributed by atoms with Crippen molar-refractivity contribution in [3.63, 3.8) is 0 Å². The van der Waals surface area contributed by atoms with Gasteiger partial charge in [0, 0.05) is 17.5 Å². The van der Waals surface area contributed by atoms with E-state index >= 15 is 0 Å². The largest absolute Gasteiger partial charge is 0.494 e. The van der Waals surface area contributed by atoms with E-state index in [2.05, 4.69) is 43.2 Å². The van der Waals surface area contributed by atoms with Gasteiger partial charge in [0.1, 0.15) is 5.75 Å². The van der Waals surface area contributed by atoms with Crippen LogP contribution >= 0.6 is 11.3 Å². The van der Waals surface area contributed by atoms with Crippen LogP contribution in [0.1, 0.15) is 22.9 Å². The normalized spacial score (nSPS) is 10.6. The molecular weight excluding hydrogens is 256 g/mol. The summed E-state index contributed by atoms with van der Waals surface area (Å²) >= 11 is 1.68. The molecule has 0 aliphatic carbocycles. The Morgan fingerprint density at radius 1 is 1.21 bits per heavy atom. The molecular formula is C15H20N2OS. The Morgan fingerprint density at radius 3 is 2.53 bits per heavy atom. The summed E-state index contributed by atoms with van der Waals surface area (Å²) < 4.78 is 5.63. The van der Waals surface area contributed by atoms with Crippen molar-refractivity contribution in [2.75, 3.05) is 19.0 Å². The molecule has 0 aliphatic rings. The molecule has 1 N–H and O–H groups in total. The second-order valence-corrected chi connectivity index (χ2v) is 5.74. The van der Waals surface area contributed by atoms with Gasteiger partial charge in [0.05, 0.1) is 12.3 Å². The smallest absolute Gasteiger partial charge is 0.183 e. The summed E-state index contributed by atoms with van der Waals surface area (Å²) in [6.45, 7) is 8.99. The lowest BCUT2D eigenvalue weighted by atomic mass is 10.0. The number of anilines is 1. The van der Waals surface area contributed by atoms with Crippen LogP contribution in [-0.2, 0) is 0 Å². The van der Waals surface area contributed by atoms with Gasteiger partial charge in [0.2, 0.25) is 0 Å². The fourth-order valence-electron chi connectivity index (χ4n) is 2.11. The summed E-state index contributed by atoms with van der Waals surface area (Å²) in [5.41, 5.74) is 4.61. The minimum absolute atomic E-state index is 0.694. The summed E-state index contributed by atoms with van der Waals surface area (Å²) in [7, 11) is 1.90. The number of nitrogens with zero attached hydrogens (tertiary/aromatic N) is 1.